The molecule has 0 radical (unpaired) electrons. The van der Waals surface area contributed by atoms with Gasteiger partial charge in [-0.3, -0.25) is 4.90 Å². The van der Waals surface area contributed by atoms with E-state index in [0.29, 0.717) is 6.61 Å². The highest BCUT2D eigenvalue weighted by Crippen LogP contribution is 2.15. The lowest BCUT2D eigenvalue weighted by molar-refractivity contribution is 0.249. The third-order valence-electron chi connectivity index (χ3n) is 2.06. The average Bonchev–Trinajstić information content (AvgIpc) is 2.29. The van der Waals surface area contributed by atoms with Crippen molar-refractivity contribution < 1.29 is 4.74 Å². The molecule has 88 valence electrons. The van der Waals surface area contributed by atoms with E-state index in [1.807, 2.05) is 37.4 Å². The van der Waals surface area contributed by atoms with Crippen LogP contribution in [0.25, 0.3) is 0 Å². The fourth-order valence-corrected chi connectivity index (χ4v) is 1.37. The molecular weight excluding hydrogens is 245 g/mol. The summed E-state index contributed by atoms with van der Waals surface area (Å²) in [6.07, 6.45) is 1.89. The zero-order valence-corrected chi connectivity index (χ0v) is 10.7. The van der Waals surface area contributed by atoms with Crippen molar-refractivity contribution in [3.05, 3.63) is 40.9 Å². The lowest BCUT2D eigenvalue weighted by Crippen LogP contribution is -2.24. The Morgan fingerprint density at radius 1 is 1.31 bits per heavy atom. The molecule has 0 saturated carbocycles. The Morgan fingerprint density at radius 3 is 2.62 bits per heavy atom. The van der Waals surface area contributed by atoms with Crippen LogP contribution in [-0.4, -0.2) is 31.6 Å². The Balaban J connectivity index is 2.22. The van der Waals surface area contributed by atoms with Crippen LogP contribution in [0, 0.1) is 0 Å². The van der Waals surface area contributed by atoms with E-state index in [4.69, 9.17) is 27.9 Å². The number of halogens is 2. The van der Waals surface area contributed by atoms with Crippen molar-refractivity contribution in [1.82, 2.24) is 4.90 Å². The summed E-state index contributed by atoms with van der Waals surface area (Å²) in [5.41, 5.74) is 1.52. The van der Waals surface area contributed by atoms with Crippen LogP contribution in [0.3, 0.4) is 0 Å². The van der Waals surface area contributed by atoms with Crippen molar-refractivity contribution in [3.8, 4) is 5.75 Å². The van der Waals surface area contributed by atoms with Gasteiger partial charge in [0.1, 0.15) is 12.4 Å². The van der Waals surface area contributed by atoms with E-state index in [-0.39, 0.29) is 0 Å². The molecule has 2 nitrogen and oxygen atoms in total. The van der Waals surface area contributed by atoms with Gasteiger partial charge >= 0.3 is 0 Å². The highest BCUT2D eigenvalue weighted by atomic mass is 35.5. The predicted octanol–water partition coefficient (Wildman–Crippen LogP) is 3.40. The zero-order chi connectivity index (χ0) is 11.8. The number of benzene rings is 1. The van der Waals surface area contributed by atoms with E-state index in [9.17, 15) is 0 Å². The molecule has 0 aliphatic rings. The molecule has 0 fully saturated rings. The molecule has 0 aliphatic heterocycles. The molecule has 4 heteroatoms. The summed E-state index contributed by atoms with van der Waals surface area (Å²) in [7, 11) is 2.02. The first-order chi connectivity index (χ1) is 7.72. The number of hydrogen-bond acceptors (Lipinski definition) is 2. The van der Waals surface area contributed by atoms with Gasteiger partial charge in [0, 0.05) is 23.6 Å². The largest absolute Gasteiger partial charge is 0.492 e. The van der Waals surface area contributed by atoms with Gasteiger partial charge in [-0.15, -0.1) is 0 Å². The van der Waals surface area contributed by atoms with E-state index in [1.54, 1.807) is 0 Å². The molecule has 0 aliphatic carbocycles. The Labute approximate surface area is 106 Å². The highest BCUT2D eigenvalue weighted by molar-refractivity contribution is 6.30. The van der Waals surface area contributed by atoms with E-state index in [2.05, 4.69) is 4.90 Å². The Bertz CT molecular complexity index is 324. The van der Waals surface area contributed by atoms with Crippen LogP contribution >= 0.6 is 23.2 Å². The van der Waals surface area contributed by atoms with Gasteiger partial charge in [0.15, 0.2) is 0 Å². The molecule has 1 aromatic carbocycles. The zero-order valence-electron chi connectivity index (χ0n) is 9.20. The van der Waals surface area contributed by atoms with Crippen molar-refractivity contribution in [2.75, 3.05) is 26.7 Å². The van der Waals surface area contributed by atoms with Crippen LogP contribution in [0.4, 0.5) is 0 Å². The maximum Gasteiger partial charge on any atom is 0.119 e. The maximum atomic E-state index is 5.77. The van der Waals surface area contributed by atoms with Crippen molar-refractivity contribution >= 4 is 23.2 Å². The molecule has 1 aromatic rings. The Kier molecular flexibility index (Phi) is 6.31. The minimum Gasteiger partial charge on any atom is -0.492 e. The quantitative estimate of drug-likeness (QED) is 0.777. The van der Waals surface area contributed by atoms with Gasteiger partial charge in [-0.1, -0.05) is 29.3 Å². The van der Waals surface area contributed by atoms with Crippen LogP contribution < -0.4 is 4.74 Å². The number of nitrogens with zero attached hydrogens (tertiary/aromatic N) is 1. The van der Waals surface area contributed by atoms with Crippen LogP contribution in [0.2, 0.25) is 5.02 Å². The smallest absolute Gasteiger partial charge is 0.119 e. The van der Waals surface area contributed by atoms with Crippen LogP contribution in [0.1, 0.15) is 0 Å². The summed E-state index contributed by atoms with van der Waals surface area (Å²) in [6.45, 7) is 2.32. The van der Waals surface area contributed by atoms with Gasteiger partial charge in [0.25, 0.3) is 0 Å². The highest BCUT2D eigenvalue weighted by Gasteiger charge is 1.97. The summed E-state index contributed by atoms with van der Waals surface area (Å²) < 4.78 is 5.55. The van der Waals surface area contributed by atoms with E-state index in [1.165, 1.54) is 5.54 Å². The van der Waals surface area contributed by atoms with Gasteiger partial charge in [-0.05, 0) is 31.3 Å². The second-order valence-corrected chi connectivity index (χ2v) is 4.11. The first-order valence-corrected chi connectivity index (χ1v) is 5.86. The molecule has 0 heterocycles. The van der Waals surface area contributed by atoms with Crippen molar-refractivity contribution in [3.63, 3.8) is 0 Å². The molecule has 0 spiro atoms. The fourth-order valence-electron chi connectivity index (χ4n) is 1.16. The normalized spacial score (nSPS) is 11.2. The molecule has 1 rings (SSSR count). The minimum atomic E-state index is 0.647. The molecule has 0 unspecified atom stereocenters. The summed E-state index contributed by atoms with van der Waals surface area (Å²) in [5.74, 6) is 0.839. The standard InChI is InChI=1S/C12H15Cl2NO/c1-15(8-2-7-13)9-10-16-12-5-3-11(14)4-6-12/h2-7H,8-10H2,1H3. The number of likely N-dealkylation sites (N-methyl/N-ethyl adjacent to an activating group) is 1. The van der Waals surface area contributed by atoms with Crippen molar-refractivity contribution in [1.29, 1.82) is 0 Å². The molecule has 0 bridgehead atoms. The monoisotopic (exact) mass is 259 g/mol. The molecular formula is C12H15Cl2NO. The second-order valence-electron chi connectivity index (χ2n) is 3.43. The van der Waals surface area contributed by atoms with E-state index >= 15 is 0 Å². The number of hydrogen-bond donors (Lipinski definition) is 0. The molecule has 0 atom stereocenters. The van der Waals surface area contributed by atoms with Gasteiger partial charge < -0.3 is 4.74 Å². The van der Waals surface area contributed by atoms with E-state index in [0.717, 1.165) is 23.9 Å². The van der Waals surface area contributed by atoms with Crippen molar-refractivity contribution in [2.24, 2.45) is 0 Å². The van der Waals surface area contributed by atoms with Gasteiger partial charge in [-0.2, -0.15) is 0 Å². The first-order valence-electron chi connectivity index (χ1n) is 5.04. The predicted molar refractivity (Wildman–Crippen MR) is 69.4 cm³/mol. The van der Waals surface area contributed by atoms with Gasteiger partial charge in [-0.25, -0.2) is 0 Å². The SMILES string of the molecule is CN(CC=CCl)CCOc1ccc(Cl)cc1. The first kappa shape index (κ1) is 13.4. The lowest BCUT2D eigenvalue weighted by atomic mass is 10.3. The molecule has 0 saturated heterocycles. The van der Waals surface area contributed by atoms with Crippen LogP contribution in [-0.2, 0) is 0 Å². The average molecular weight is 260 g/mol. The number of rotatable bonds is 6. The molecule has 0 N–H and O–H groups in total. The summed E-state index contributed by atoms with van der Waals surface area (Å²) in [5, 5.41) is 0.719. The maximum absolute atomic E-state index is 5.77. The summed E-state index contributed by atoms with van der Waals surface area (Å²) in [6, 6.07) is 7.36. The Morgan fingerprint density at radius 2 is 2.00 bits per heavy atom. The van der Waals surface area contributed by atoms with Crippen LogP contribution in [0.5, 0.6) is 5.75 Å². The lowest BCUT2D eigenvalue weighted by Gasteiger charge is -2.14. The van der Waals surface area contributed by atoms with Crippen molar-refractivity contribution in [2.45, 2.75) is 0 Å². The Hall–Kier alpha value is -0.700. The van der Waals surface area contributed by atoms with Crippen LogP contribution in [0.15, 0.2) is 35.9 Å². The fraction of sp³-hybridized carbons (Fsp3) is 0.333. The molecule has 0 aromatic heterocycles. The van der Waals surface area contributed by atoms with Gasteiger partial charge in [0.05, 0.1) is 0 Å². The summed E-state index contributed by atoms with van der Waals surface area (Å²) >= 11 is 11.2. The molecule has 16 heavy (non-hydrogen) atoms. The second kappa shape index (κ2) is 7.55. The van der Waals surface area contributed by atoms with E-state index < -0.39 is 0 Å². The third kappa shape index (κ3) is 5.40. The molecule has 0 amide bonds. The topological polar surface area (TPSA) is 12.5 Å². The minimum absolute atomic E-state index is 0.647. The van der Waals surface area contributed by atoms with Gasteiger partial charge in [0.2, 0.25) is 0 Å². The number of ether oxygens (including phenoxy) is 1. The third-order valence-corrected chi connectivity index (χ3v) is 2.49. The summed E-state index contributed by atoms with van der Waals surface area (Å²) in [4.78, 5) is 2.12.